The molecule has 0 amide bonds. The summed E-state index contributed by atoms with van der Waals surface area (Å²) in [6, 6.07) is 72.9. The van der Waals surface area contributed by atoms with Crippen molar-refractivity contribution in [2.75, 3.05) is 9.80 Å². The molecule has 1 aliphatic rings. The Morgan fingerprint density at radius 1 is 0.386 bits per heavy atom. The zero-order chi connectivity index (χ0) is 49.7. The molecular weight excluding hydrogens is 847 g/mol. The highest BCUT2D eigenvalue weighted by atomic mass is 15.1. The molecule has 0 saturated heterocycles. The van der Waals surface area contributed by atoms with Gasteiger partial charge in [-0.05, 0) is 183 Å². The van der Waals surface area contributed by atoms with Crippen molar-refractivity contribution >= 4 is 105 Å². The first-order chi connectivity index (χ1) is 35.3. The predicted molar refractivity (Wildman–Crippen MR) is 299 cm³/mol. The average molecular weight is 901 g/mol. The Labute approximate surface area is 412 Å². The fourth-order valence-corrected chi connectivity index (χ4v) is 12.5. The van der Waals surface area contributed by atoms with Crippen LogP contribution < -0.4 is 9.80 Å². The van der Waals surface area contributed by atoms with Gasteiger partial charge >= 0.3 is 0 Å². The second-order valence-corrected chi connectivity index (χ2v) is 20.3. The van der Waals surface area contributed by atoms with Crippen molar-refractivity contribution in [3.8, 4) is 11.1 Å². The lowest BCUT2D eigenvalue weighted by atomic mass is 9.79. The molecule has 1 aliphatic carbocycles. The monoisotopic (exact) mass is 900 g/mol. The Kier molecular flexibility index (Phi) is 7.94. The summed E-state index contributed by atoms with van der Waals surface area (Å²) in [5.74, 6) is 0. The van der Waals surface area contributed by atoms with Crippen LogP contribution in [0, 0.1) is 27.6 Å². The van der Waals surface area contributed by atoms with E-state index in [1.54, 1.807) is 6.07 Å². The fourth-order valence-electron chi connectivity index (χ4n) is 12.5. The number of anilines is 6. The molecule has 2 aromatic heterocycles. The molecule has 0 atom stereocenters. The van der Waals surface area contributed by atoms with E-state index >= 15 is 0 Å². The lowest BCUT2D eigenvalue weighted by Crippen LogP contribution is -2.17. The SMILES string of the molecule is [2H]C([2H])([2H])c1cc(C)cc(N(c2ccc3c(c2)C(C)(C)c2c-3ccc3c2ccc2c3c3cccc4c5ccc(N(c6cc(C)cc(C)c6)c6ccc7ccccc7c6)cc5n2c43)c2ccc3ccccc3c2)c1. The van der Waals surface area contributed by atoms with Gasteiger partial charge in [0.05, 0.1) is 16.6 Å². The van der Waals surface area contributed by atoms with Gasteiger partial charge in [0.15, 0.2) is 0 Å². The molecule has 0 bridgehead atoms. The number of benzene rings is 11. The van der Waals surface area contributed by atoms with Crippen LogP contribution in [0.25, 0.3) is 81.5 Å². The molecule has 0 N–H and O–H groups in total. The van der Waals surface area contributed by atoms with E-state index in [9.17, 15) is 0 Å². The summed E-state index contributed by atoms with van der Waals surface area (Å²) in [6.07, 6.45) is 0. The largest absolute Gasteiger partial charge is 0.310 e. The molecule has 0 fully saturated rings. The Hall–Kier alpha value is -8.40. The second kappa shape index (κ2) is 14.8. The van der Waals surface area contributed by atoms with E-state index in [4.69, 9.17) is 4.11 Å². The quantitative estimate of drug-likeness (QED) is 0.165. The van der Waals surface area contributed by atoms with Crippen molar-refractivity contribution in [2.24, 2.45) is 0 Å². The molecule has 2 heterocycles. The van der Waals surface area contributed by atoms with E-state index in [-0.39, 0.29) is 5.41 Å². The molecular formula is C67H51N3. The Morgan fingerprint density at radius 2 is 0.914 bits per heavy atom. The lowest BCUT2D eigenvalue weighted by molar-refractivity contribution is 0.666. The molecule has 3 nitrogen and oxygen atoms in total. The van der Waals surface area contributed by atoms with E-state index < -0.39 is 6.85 Å². The second-order valence-electron chi connectivity index (χ2n) is 20.3. The van der Waals surface area contributed by atoms with Gasteiger partial charge in [0, 0.05) is 65.2 Å². The molecule has 0 unspecified atom stereocenters. The van der Waals surface area contributed by atoms with E-state index in [0.29, 0.717) is 5.56 Å². The maximum absolute atomic E-state index is 8.39. The van der Waals surface area contributed by atoms with Crippen LogP contribution in [-0.2, 0) is 5.41 Å². The van der Waals surface area contributed by atoms with E-state index in [1.165, 1.54) is 93.0 Å². The highest BCUT2D eigenvalue weighted by molar-refractivity contribution is 6.29. The number of nitrogens with zero attached hydrogens (tertiary/aromatic N) is 3. The molecule has 0 spiro atoms. The van der Waals surface area contributed by atoms with Crippen molar-refractivity contribution in [1.82, 2.24) is 4.40 Å². The van der Waals surface area contributed by atoms with Crippen LogP contribution in [0.2, 0.25) is 0 Å². The molecule has 0 saturated carbocycles. The van der Waals surface area contributed by atoms with Gasteiger partial charge < -0.3 is 14.2 Å². The van der Waals surface area contributed by atoms with Gasteiger partial charge in [0.25, 0.3) is 0 Å². The number of aromatic nitrogens is 1. The van der Waals surface area contributed by atoms with Gasteiger partial charge in [0.1, 0.15) is 0 Å². The minimum absolute atomic E-state index is 0.331. The van der Waals surface area contributed by atoms with Gasteiger partial charge in [-0.2, -0.15) is 0 Å². The van der Waals surface area contributed by atoms with Gasteiger partial charge in [-0.25, -0.2) is 0 Å². The predicted octanol–water partition coefficient (Wildman–Crippen LogP) is 18.8. The summed E-state index contributed by atoms with van der Waals surface area (Å²) in [4.78, 5) is 4.64. The molecule has 13 aromatic rings. The van der Waals surface area contributed by atoms with E-state index in [0.717, 1.165) is 50.5 Å². The summed E-state index contributed by atoms with van der Waals surface area (Å²) in [7, 11) is 0. The third-order valence-corrected chi connectivity index (χ3v) is 15.3. The number of hydrogen-bond acceptors (Lipinski definition) is 2. The highest BCUT2D eigenvalue weighted by Crippen LogP contribution is 2.55. The minimum Gasteiger partial charge on any atom is -0.310 e. The van der Waals surface area contributed by atoms with Crippen molar-refractivity contribution in [2.45, 2.75) is 46.9 Å². The zero-order valence-corrected chi connectivity index (χ0v) is 39.9. The van der Waals surface area contributed by atoms with Gasteiger partial charge in [0.2, 0.25) is 0 Å². The normalized spacial score (nSPS) is 13.9. The molecule has 14 rings (SSSR count). The van der Waals surface area contributed by atoms with Crippen molar-refractivity contribution in [3.63, 3.8) is 0 Å². The van der Waals surface area contributed by atoms with Gasteiger partial charge in [-0.1, -0.05) is 135 Å². The summed E-state index contributed by atoms with van der Waals surface area (Å²) in [5.41, 5.74) is 18.2. The molecule has 0 aliphatic heterocycles. The zero-order valence-electron chi connectivity index (χ0n) is 42.9. The Morgan fingerprint density at radius 3 is 1.59 bits per heavy atom. The molecule has 11 aromatic carbocycles. The number of fused-ring (bicyclic) bond motifs is 14. The van der Waals surface area contributed by atoms with Crippen molar-refractivity contribution in [3.05, 3.63) is 234 Å². The van der Waals surface area contributed by atoms with E-state index in [1.807, 2.05) is 13.0 Å². The third-order valence-electron chi connectivity index (χ3n) is 15.3. The van der Waals surface area contributed by atoms with Crippen LogP contribution >= 0.6 is 0 Å². The average Bonchev–Trinajstić information content (AvgIpc) is 3.98. The summed E-state index contributed by atoms with van der Waals surface area (Å²) in [6.45, 7) is 8.83. The Bertz CT molecular complexity index is 4440. The summed E-state index contributed by atoms with van der Waals surface area (Å²) in [5, 5.41) is 12.2. The van der Waals surface area contributed by atoms with Crippen molar-refractivity contribution < 1.29 is 4.11 Å². The number of rotatable bonds is 6. The molecule has 3 heteroatoms. The fraction of sp³-hybridized carbons (Fsp3) is 0.104. The standard InChI is InChI=1S/C67H51N3/c1-40-30-41(2)33-52(32-40)68(48-20-18-44-12-7-9-14-46(44)36-48)50-22-24-54-57-27-26-56-58(65(57)67(5,6)61(54)38-50)28-29-62-64(56)60-17-11-16-59-55-25-23-51(39-63(55)70(62)66(59)60)69(53-34-42(3)31-43(4)35-53)49-21-19-45-13-8-10-15-47(45)37-49/h7-39H,1-6H3/i1D3. The van der Waals surface area contributed by atoms with Crippen LogP contribution in [-0.4, -0.2) is 4.40 Å². The summed E-state index contributed by atoms with van der Waals surface area (Å²) < 4.78 is 27.7. The van der Waals surface area contributed by atoms with E-state index in [2.05, 4.69) is 230 Å². The number of aryl methyl sites for hydroxylation is 4. The van der Waals surface area contributed by atoms with Crippen LogP contribution in [0.15, 0.2) is 200 Å². The van der Waals surface area contributed by atoms with Crippen LogP contribution in [0.3, 0.4) is 0 Å². The van der Waals surface area contributed by atoms with Gasteiger partial charge in [-0.3, -0.25) is 0 Å². The van der Waals surface area contributed by atoms with Crippen molar-refractivity contribution in [1.29, 1.82) is 0 Å². The smallest absolute Gasteiger partial charge is 0.0620 e. The number of para-hydroxylation sites is 1. The molecule has 70 heavy (non-hydrogen) atoms. The minimum atomic E-state index is -2.25. The summed E-state index contributed by atoms with van der Waals surface area (Å²) >= 11 is 0. The maximum atomic E-state index is 8.39. The Balaban J connectivity index is 0.937. The maximum Gasteiger partial charge on any atom is 0.0620 e. The number of hydrogen-bond donors (Lipinski definition) is 0. The topological polar surface area (TPSA) is 10.9 Å². The third kappa shape index (κ3) is 5.94. The van der Waals surface area contributed by atoms with Crippen LogP contribution in [0.4, 0.5) is 34.1 Å². The lowest BCUT2D eigenvalue weighted by Gasteiger charge is -2.29. The molecule has 334 valence electrons. The first-order valence-corrected chi connectivity index (χ1v) is 24.4. The first-order valence-electron chi connectivity index (χ1n) is 25.9. The first kappa shape index (κ1) is 37.6. The van der Waals surface area contributed by atoms with Crippen LogP contribution in [0.1, 0.15) is 51.3 Å². The molecule has 0 radical (unpaired) electrons. The highest BCUT2D eigenvalue weighted by Gasteiger charge is 2.38. The van der Waals surface area contributed by atoms with Gasteiger partial charge in [-0.15, -0.1) is 0 Å². The van der Waals surface area contributed by atoms with Crippen LogP contribution in [0.5, 0.6) is 0 Å².